The Kier molecular flexibility index (Phi) is 5.22. The second-order valence-electron chi connectivity index (χ2n) is 7.21. The number of nitrogens with zero attached hydrogens (tertiary/aromatic N) is 7. The molecule has 1 aliphatic rings. The van der Waals surface area contributed by atoms with Gasteiger partial charge < -0.3 is 15.5 Å². The number of carbonyl (C=O) groups excluding carboxylic acids is 1. The molecular weight excluding hydrogens is 368 g/mol. The highest BCUT2D eigenvalue weighted by Crippen LogP contribution is 2.23. The molecule has 1 fully saturated rings. The number of anilines is 1. The van der Waals surface area contributed by atoms with Crippen LogP contribution >= 0.6 is 0 Å². The molecule has 0 atom stereocenters. The fourth-order valence-corrected chi connectivity index (χ4v) is 3.42. The van der Waals surface area contributed by atoms with Gasteiger partial charge >= 0.3 is 0 Å². The number of hydrogen-bond donors (Lipinski definition) is 1. The molecule has 4 heterocycles. The van der Waals surface area contributed by atoms with Crippen LogP contribution in [0, 0.1) is 13.0 Å². The van der Waals surface area contributed by atoms with Gasteiger partial charge in [-0.3, -0.25) is 9.78 Å². The second-order valence-corrected chi connectivity index (χ2v) is 7.21. The first-order valence-corrected chi connectivity index (χ1v) is 9.52. The van der Waals surface area contributed by atoms with Crippen LogP contribution in [0.25, 0.3) is 16.9 Å². The number of amides is 1. The average molecular weight is 391 g/mol. The summed E-state index contributed by atoms with van der Waals surface area (Å²) in [5, 5.41) is 8.50. The van der Waals surface area contributed by atoms with E-state index in [1.807, 2.05) is 12.4 Å². The largest absolute Gasteiger partial charge is 0.369 e. The van der Waals surface area contributed by atoms with E-state index in [4.69, 9.17) is 5.73 Å². The van der Waals surface area contributed by atoms with E-state index in [2.05, 4.69) is 49.3 Å². The Hall–Kier alpha value is -3.33. The van der Waals surface area contributed by atoms with E-state index in [0.717, 1.165) is 43.9 Å². The highest BCUT2D eigenvalue weighted by atomic mass is 16.1. The summed E-state index contributed by atoms with van der Waals surface area (Å²) in [4.78, 5) is 24.6. The molecule has 149 valence electrons. The summed E-state index contributed by atoms with van der Waals surface area (Å²) in [7, 11) is 2.15. The van der Waals surface area contributed by atoms with Crippen LogP contribution in [-0.4, -0.2) is 69.0 Å². The third-order valence-electron chi connectivity index (χ3n) is 5.07. The molecule has 3 aromatic heterocycles. The van der Waals surface area contributed by atoms with Gasteiger partial charge in [0.15, 0.2) is 0 Å². The lowest BCUT2D eigenvalue weighted by atomic mass is 10.2. The fourth-order valence-electron chi connectivity index (χ4n) is 3.42. The van der Waals surface area contributed by atoms with Crippen molar-refractivity contribution in [3.05, 3.63) is 48.2 Å². The highest BCUT2D eigenvalue weighted by molar-refractivity contribution is 5.90. The number of likely N-dealkylation sites (N-methyl/N-ethyl adjacent to an activating group) is 1. The van der Waals surface area contributed by atoms with Crippen LogP contribution in [0.1, 0.15) is 22.6 Å². The van der Waals surface area contributed by atoms with Crippen LogP contribution in [0.15, 0.2) is 30.7 Å². The zero-order valence-corrected chi connectivity index (χ0v) is 16.5. The van der Waals surface area contributed by atoms with Gasteiger partial charge in [0.25, 0.3) is 5.91 Å². The van der Waals surface area contributed by atoms with E-state index in [1.165, 1.54) is 0 Å². The van der Waals surface area contributed by atoms with E-state index in [0.29, 0.717) is 17.1 Å². The summed E-state index contributed by atoms with van der Waals surface area (Å²) in [5.41, 5.74) is 9.37. The van der Waals surface area contributed by atoms with Crippen molar-refractivity contribution in [1.29, 1.82) is 0 Å². The summed E-state index contributed by atoms with van der Waals surface area (Å²) in [6.45, 7) is 5.91. The first-order chi connectivity index (χ1) is 14.0. The van der Waals surface area contributed by atoms with Gasteiger partial charge in [-0.05, 0) is 39.1 Å². The first-order valence-electron chi connectivity index (χ1n) is 9.52. The van der Waals surface area contributed by atoms with Crippen molar-refractivity contribution in [2.24, 2.45) is 5.73 Å². The molecule has 0 spiro atoms. The zero-order valence-electron chi connectivity index (χ0n) is 16.5. The minimum Gasteiger partial charge on any atom is -0.369 e. The number of aromatic nitrogens is 5. The Labute approximate surface area is 169 Å². The van der Waals surface area contributed by atoms with Crippen molar-refractivity contribution in [2.45, 2.75) is 13.3 Å². The molecule has 0 saturated carbocycles. The van der Waals surface area contributed by atoms with Gasteiger partial charge in [-0.25, -0.2) is 9.67 Å². The van der Waals surface area contributed by atoms with E-state index >= 15 is 0 Å². The molecule has 2 N–H and O–H groups in total. The Balaban J connectivity index is 1.59. The number of rotatable bonds is 4. The monoisotopic (exact) mass is 391 g/mol. The average Bonchev–Trinajstić information content (AvgIpc) is 3.10. The summed E-state index contributed by atoms with van der Waals surface area (Å²) in [6.07, 6.45) is 6.62. The lowest BCUT2D eigenvalue weighted by Gasteiger charge is -2.22. The van der Waals surface area contributed by atoms with Gasteiger partial charge in [0.05, 0.1) is 29.5 Å². The molecule has 0 aliphatic carbocycles. The lowest BCUT2D eigenvalue weighted by Crippen LogP contribution is -2.28. The number of pyridine rings is 2. The minimum absolute atomic E-state index is 0.103. The van der Waals surface area contributed by atoms with Gasteiger partial charge in [-0.2, -0.15) is 0 Å². The van der Waals surface area contributed by atoms with E-state index in [9.17, 15) is 4.79 Å². The normalized spacial score (nSPS) is 15.3. The lowest BCUT2D eigenvalue weighted by molar-refractivity contribution is 0.0995. The van der Waals surface area contributed by atoms with Gasteiger partial charge in [0.2, 0.25) is 0 Å². The molecule has 1 aliphatic heterocycles. The van der Waals surface area contributed by atoms with Crippen LogP contribution in [0.5, 0.6) is 0 Å². The quantitative estimate of drug-likeness (QED) is 0.709. The molecular formula is C20H23N8O. The van der Waals surface area contributed by atoms with Gasteiger partial charge in [-0.15, -0.1) is 5.10 Å². The molecule has 1 amide bonds. The highest BCUT2D eigenvalue weighted by Gasteiger charge is 2.15. The molecule has 1 radical (unpaired) electrons. The minimum atomic E-state index is -0.610. The molecule has 29 heavy (non-hydrogen) atoms. The van der Waals surface area contributed by atoms with E-state index < -0.39 is 5.91 Å². The topological polar surface area (TPSA) is 106 Å². The van der Waals surface area contributed by atoms with Crippen molar-refractivity contribution in [3.8, 4) is 16.9 Å². The number of hydrogen-bond acceptors (Lipinski definition) is 7. The first kappa shape index (κ1) is 19.0. The molecule has 0 bridgehead atoms. The predicted octanol–water partition coefficient (Wildman–Crippen LogP) is 1.07. The van der Waals surface area contributed by atoms with Crippen LogP contribution in [0.4, 0.5) is 5.69 Å². The van der Waals surface area contributed by atoms with Crippen molar-refractivity contribution in [2.75, 3.05) is 38.1 Å². The van der Waals surface area contributed by atoms with E-state index in [1.54, 1.807) is 23.9 Å². The summed E-state index contributed by atoms with van der Waals surface area (Å²) in [5.74, 6) is -0.610. The Morgan fingerprint density at radius 1 is 1.21 bits per heavy atom. The third kappa shape index (κ3) is 4.09. The van der Waals surface area contributed by atoms with Gasteiger partial charge in [0.1, 0.15) is 11.4 Å². The number of nitrogens with two attached hydrogens (primary N) is 1. The van der Waals surface area contributed by atoms with Crippen molar-refractivity contribution in [3.63, 3.8) is 0 Å². The maximum atomic E-state index is 11.3. The third-order valence-corrected chi connectivity index (χ3v) is 5.07. The molecule has 9 heteroatoms. The Morgan fingerprint density at radius 2 is 2.07 bits per heavy atom. The van der Waals surface area contributed by atoms with E-state index in [-0.39, 0.29) is 5.69 Å². The maximum Gasteiger partial charge on any atom is 0.267 e. The summed E-state index contributed by atoms with van der Waals surface area (Å²) >= 11 is 0. The van der Waals surface area contributed by atoms with Crippen molar-refractivity contribution >= 4 is 11.6 Å². The molecule has 0 aromatic carbocycles. The fraction of sp³-hybridized carbons (Fsp3) is 0.350. The SMILES string of the molecule is Cc1nc(C(N)=O)[c]cc1-n1cc(-c2cncc(N3CCCN(C)CC3)c2)nn1. The number of aryl methyl sites for hydroxylation is 1. The maximum absolute atomic E-state index is 11.3. The molecule has 3 aromatic rings. The second kappa shape index (κ2) is 7.96. The van der Waals surface area contributed by atoms with Crippen LogP contribution in [-0.2, 0) is 0 Å². The van der Waals surface area contributed by atoms with Crippen LogP contribution in [0.2, 0.25) is 0 Å². The number of primary amides is 1. The Bertz CT molecular complexity index is 1030. The number of carbonyl (C=O) groups is 1. The summed E-state index contributed by atoms with van der Waals surface area (Å²) in [6, 6.07) is 6.53. The molecule has 4 rings (SSSR count). The molecule has 9 nitrogen and oxygen atoms in total. The Morgan fingerprint density at radius 3 is 2.86 bits per heavy atom. The molecule has 0 unspecified atom stereocenters. The summed E-state index contributed by atoms with van der Waals surface area (Å²) < 4.78 is 1.62. The zero-order chi connectivity index (χ0) is 20.4. The van der Waals surface area contributed by atoms with Crippen LogP contribution in [0.3, 0.4) is 0 Å². The van der Waals surface area contributed by atoms with Gasteiger partial charge in [0, 0.05) is 37.5 Å². The van der Waals surface area contributed by atoms with Crippen molar-refractivity contribution < 1.29 is 4.79 Å². The smallest absolute Gasteiger partial charge is 0.267 e. The standard InChI is InChI=1S/C20H23N8O/c1-14-19(5-4-17(23-14)20(21)29)28-13-18(24-25-28)15-10-16(12-22-11-15)27-7-3-6-26(2)8-9-27/h5,10-13H,3,6-9H2,1-2H3,(H2,21,29). The van der Waals surface area contributed by atoms with Crippen LogP contribution < -0.4 is 10.6 Å². The predicted molar refractivity (Wildman–Crippen MR) is 109 cm³/mol. The van der Waals surface area contributed by atoms with Crippen molar-refractivity contribution in [1.82, 2.24) is 29.9 Å². The van der Waals surface area contributed by atoms with Gasteiger partial charge in [-0.1, -0.05) is 5.21 Å². The molecule has 1 saturated heterocycles.